The summed E-state index contributed by atoms with van der Waals surface area (Å²) in [6.45, 7) is 4.01. The Balaban J connectivity index is 1.96. The molecule has 1 aromatic heterocycles. The van der Waals surface area contributed by atoms with E-state index in [9.17, 15) is 0 Å². The molecule has 0 aromatic carbocycles. The average molecular weight is 181 g/mol. The Kier molecular flexibility index (Phi) is 4.57. The molecule has 1 aromatic rings. The smallest absolute Gasteiger partial charge is 0.0357 e. The summed E-state index contributed by atoms with van der Waals surface area (Å²) >= 11 is 0. The number of hydrogen-bond donors (Lipinski definition) is 3. The lowest BCUT2D eigenvalue weighted by atomic mass is 10.2. The molecule has 3 nitrogen and oxygen atoms in total. The van der Waals surface area contributed by atoms with Crippen LogP contribution in [-0.2, 0) is 6.54 Å². The van der Waals surface area contributed by atoms with E-state index < -0.39 is 0 Å². The molecule has 0 amide bonds. The third kappa shape index (κ3) is 4.70. The first-order chi connectivity index (χ1) is 6.29. The molecule has 0 aliphatic heterocycles. The van der Waals surface area contributed by atoms with E-state index in [1.165, 1.54) is 5.69 Å². The van der Waals surface area contributed by atoms with Gasteiger partial charge in [0.2, 0.25) is 0 Å². The molecule has 74 valence electrons. The van der Waals surface area contributed by atoms with Crippen molar-refractivity contribution in [2.45, 2.75) is 32.4 Å². The van der Waals surface area contributed by atoms with Gasteiger partial charge in [-0.2, -0.15) is 0 Å². The second-order valence-electron chi connectivity index (χ2n) is 3.49. The molecule has 3 heteroatoms. The van der Waals surface area contributed by atoms with Crippen LogP contribution in [0.25, 0.3) is 0 Å². The predicted octanol–water partition coefficient (Wildman–Crippen LogP) is 1.23. The Morgan fingerprint density at radius 3 is 3.08 bits per heavy atom. The molecule has 0 aliphatic rings. The highest BCUT2D eigenvalue weighted by atomic mass is 14.9. The van der Waals surface area contributed by atoms with Gasteiger partial charge in [-0.1, -0.05) is 0 Å². The normalized spacial score (nSPS) is 13.1. The standard InChI is InChI=1S/C10H19N3/c1-9(11)4-2-6-12-8-10-5-3-7-13-10/h3,5,7,9,12-13H,2,4,6,8,11H2,1H3. The van der Waals surface area contributed by atoms with Crippen LogP contribution >= 0.6 is 0 Å². The van der Waals surface area contributed by atoms with E-state index in [0.29, 0.717) is 6.04 Å². The second kappa shape index (κ2) is 5.78. The fourth-order valence-corrected chi connectivity index (χ4v) is 1.25. The van der Waals surface area contributed by atoms with E-state index in [2.05, 4.69) is 16.4 Å². The van der Waals surface area contributed by atoms with Gasteiger partial charge in [-0.3, -0.25) is 0 Å². The van der Waals surface area contributed by atoms with E-state index >= 15 is 0 Å². The van der Waals surface area contributed by atoms with Gasteiger partial charge >= 0.3 is 0 Å². The van der Waals surface area contributed by atoms with E-state index in [-0.39, 0.29) is 0 Å². The topological polar surface area (TPSA) is 53.8 Å². The summed E-state index contributed by atoms with van der Waals surface area (Å²) in [5.41, 5.74) is 6.87. The Labute approximate surface area is 79.7 Å². The summed E-state index contributed by atoms with van der Waals surface area (Å²) in [7, 11) is 0. The van der Waals surface area contributed by atoms with Crippen molar-refractivity contribution < 1.29 is 0 Å². The lowest BCUT2D eigenvalue weighted by Crippen LogP contribution is -2.19. The third-order valence-electron chi connectivity index (χ3n) is 1.99. The monoisotopic (exact) mass is 181 g/mol. The van der Waals surface area contributed by atoms with Crippen molar-refractivity contribution in [3.05, 3.63) is 24.0 Å². The van der Waals surface area contributed by atoms with Gasteiger partial charge in [-0.15, -0.1) is 0 Å². The lowest BCUT2D eigenvalue weighted by molar-refractivity contribution is 0.572. The molecule has 0 saturated carbocycles. The van der Waals surface area contributed by atoms with Crippen LogP contribution in [0.4, 0.5) is 0 Å². The van der Waals surface area contributed by atoms with Crippen molar-refractivity contribution in [3.63, 3.8) is 0 Å². The number of hydrogen-bond acceptors (Lipinski definition) is 2. The van der Waals surface area contributed by atoms with Crippen molar-refractivity contribution in [1.29, 1.82) is 0 Å². The van der Waals surface area contributed by atoms with Gasteiger partial charge in [0.1, 0.15) is 0 Å². The maximum absolute atomic E-state index is 5.64. The zero-order valence-electron chi connectivity index (χ0n) is 8.22. The minimum Gasteiger partial charge on any atom is -0.364 e. The van der Waals surface area contributed by atoms with Crippen LogP contribution < -0.4 is 11.1 Å². The molecule has 13 heavy (non-hydrogen) atoms. The highest BCUT2D eigenvalue weighted by Crippen LogP contribution is 1.94. The Morgan fingerprint density at radius 2 is 2.46 bits per heavy atom. The van der Waals surface area contributed by atoms with Crippen LogP contribution in [0.5, 0.6) is 0 Å². The molecule has 0 radical (unpaired) electrons. The van der Waals surface area contributed by atoms with E-state index in [1.807, 2.05) is 19.2 Å². The summed E-state index contributed by atoms with van der Waals surface area (Å²) < 4.78 is 0. The summed E-state index contributed by atoms with van der Waals surface area (Å²) in [6, 6.07) is 4.42. The first-order valence-corrected chi connectivity index (χ1v) is 4.87. The van der Waals surface area contributed by atoms with Crippen LogP contribution in [0.1, 0.15) is 25.5 Å². The number of aromatic nitrogens is 1. The van der Waals surface area contributed by atoms with Gasteiger partial charge in [0.25, 0.3) is 0 Å². The van der Waals surface area contributed by atoms with Crippen molar-refractivity contribution in [2.75, 3.05) is 6.54 Å². The van der Waals surface area contributed by atoms with Crippen LogP contribution in [-0.4, -0.2) is 17.6 Å². The minimum atomic E-state index is 0.326. The van der Waals surface area contributed by atoms with Crippen molar-refractivity contribution in [1.82, 2.24) is 10.3 Å². The Hall–Kier alpha value is -0.800. The number of nitrogens with one attached hydrogen (secondary N) is 2. The Bertz CT molecular complexity index is 204. The molecule has 0 aliphatic carbocycles. The Morgan fingerprint density at radius 1 is 1.62 bits per heavy atom. The first kappa shape index (κ1) is 10.3. The zero-order valence-corrected chi connectivity index (χ0v) is 8.22. The molecule has 1 unspecified atom stereocenters. The van der Waals surface area contributed by atoms with Crippen LogP contribution in [0.3, 0.4) is 0 Å². The summed E-state index contributed by atoms with van der Waals surface area (Å²) in [6.07, 6.45) is 4.19. The van der Waals surface area contributed by atoms with Gasteiger partial charge in [-0.25, -0.2) is 0 Å². The summed E-state index contributed by atoms with van der Waals surface area (Å²) in [5, 5.41) is 3.36. The average Bonchev–Trinajstić information content (AvgIpc) is 2.55. The van der Waals surface area contributed by atoms with E-state index in [0.717, 1.165) is 25.9 Å². The molecular formula is C10H19N3. The molecule has 0 fully saturated rings. The van der Waals surface area contributed by atoms with Crippen LogP contribution in [0.2, 0.25) is 0 Å². The first-order valence-electron chi connectivity index (χ1n) is 4.87. The second-order valence-corrected chi connectivity index (χ2v) is 3.49. The molecular weight excluding hydrogens is 162 g/mol. The third-order valence-corrected chi connectivity index (χ3v) is 1.99. The highest BCUT2D eigenvalue weighted by Gasteiger charge is 1.94. The van der Waals surface area contributed by atoms with E-state index in [1.54, 1.807) is 0 Å². The number of H-pyrrole nitrogens is 1. The molecule has 1 heterocycles. The maximum Gasteiger partial charge on any atom is 0.0357 e. The lowest BCUT2D eigenvalue weighted by Gasteiger charge is -2.05. The van der Waals surface area contributed by atoms with E-state index in [4.69, 9.17) is 5.73 Å². The molecule has 0 bridgehead atoms. The molecule has 1 rings (SSSR count). The van der Waals surface area contributed by atoms with Gasteiger partial charge < -0.3 is 16.0 Å². The van der Waals surface area contributed by atoms with Gasteiger partial charge in [0.15, 0.2) is 0 Å². The van der Waals surface area contributed by atoms with Crippen molar-refractivity contribution in [2.24, 2.45) is 5.73 Å². The molecule has 0 spiro atoms. The van der Waals surface area contributed by atoms with Crippen molar-refractivity contribution >= 4 is 0 Å². The fraction of sp³-hybridized carbons (Fsp3) is 0.600. The van der Waals surface area contributed by atoms with Crippen LogP contribution in [0.15, 0.2) is 18.3 Å². The molecule has 1 atom stereocenters. The predicted molar refractivity (Wildman–Crippen MR) is 55.4 cm³/mol. The molecule has 4 N–H and O–H groups in total. The molecule has 0 saturated heterocycles. The van der Waals surface area contributed by atoms with Crippen molar-refractivity contribution in [3.8, 4) is 0 Å². The number of nitrogens with two attached hydrogens (primary N) is 1. The zero-order chi connectivity index (χ0) is 9.52. The quantitative estimate of drug-likeness (QED) is 0.578. The van der Waals surface area contributed by atoms with Gasteiger partial charge in [0, 0.05) is 24.5 Å². The highest BCUT2D eigenvalue weighted by molar-refractivity contribution is 5.02. The number of aromatic amines is 1. The van der Waals surface area contributed by atoms with Gasteiger partial charge in [-0.05, 0) is 38.4 Å². The minimum absolute atomic E-state index is 0.326. The van der Waals surface area contributed by atoms with Crippen LogP contribution in [0, 0.1) is 0 Å². The van der Waals surface area contributed by atoms with Gasteiger partial charge in [0.05, 0.1) is 0 Å². The number of rotatable bonds is 6. The summed E-state index contributed by atoms with van der Waals surface area (Å²) in [4.78, 5) is 3.15. The SMILES string of the molecule is CC(N)CCCNCc1ccc[nH]1. The maximum atomic E-state index is 5.64. The largest absolute Gasteiger partial charge is 0.364 e. The fourth-order valence-electron chi connectivity index (χ4n) is 1.25. The summed E-state index contributed by atoms with van der Waals surface area (Å²) in [5.74, 6) is 0.